The monoisotopic (exact) mass is 538 g/mol. The van der Waals surface area contributed by atoms with Crippen LogP contribution in [-0.2, 0) is 26.6 Å². The molecule has 1 aromatic carbocycles. The molecular formula is C22H30N6O6S2. The fraction of sp³-hybridized carbons (Fsp3) is 0.500. The van der Waals surface area contributed by atoms with Gasteiger partial charge < -0.3 is 15.3 Å². The van der Waals surface area contributed by atoms with Crippen LogP contribution in [0.15, 0.2) is 32.3 Å². The fourth-order valence-corrected chi connectivity index (χ4v) is 5.86. The molecule has 1 aromatic heterocycles. The van der Waals surface area contributed by atoms with Gasteiger partial charge in [0.1, 0.15) is 10.5 Å². The minimum atomic E-state index is -4.33. The summed E-state index contributed by atoms with van der Waals surface area (Å²) in [5.41, 5.74) is -0.783. The Morgan fingerprint density at radius 2 is 1.89 bits per heavy atom. The largest absolute Gasteiger partial charge is 0.504 e. The van der Waals surface area contributed by atoms with Gasteiger partial charge in [-0.25, -0.2) is 13.1 Å². The van der Waals surface area contributed by atoms with Crippen LogP contribution < -0.4 is 20.5 Å². The Kier molecular flexibility index (Phi) is 7.01. The number of rotatable bonds is 7. The summed E-state index contributed by atoms with van der Waals surface area (Å²) in [6.07, 6.45) is 4.48. The van der Waals surface area contributed by atoms with Crippen LogP contribution in [0.1, 0.15) is 45.1 Å². The lowest BCUT2D eigenvalue weighted by molar-refractivity contribution is 0.434. The molecule has 3 heterocycles. The number of hydrogen-bond donors (Lipinski definition) is 3. The summed E-state index contributed by atoms with van der Waals surface area (Å²) in [6, 6.07) is 3.90. The van der Waals surface area contributed by atoms with Crippen molar-refractivity contribution in [3.05, 3.63) is 34.1 Å². The molecule has 12 nitrogen and oxygen atoms in total. The van der Waals surface area contributed by atoms with Gasteiger partial charge in [-0.05, 0) is 49.8 Å². The highest BCUT2D eigenvalue weighted by molar-refractivity contribution is 7.92. The van der Waals surface area contributed by atoms with Crippen molar-refractivity contribution in [3.63, 3.8) is 0 Å². The van der Waals surface area contributed by atoms with Crippen molar-refractivity contribution in [2.24, 2.45) is 10.3 Å². The lowest BCUT2D eigenvalue weighted by Gasteiger charge is -2.29. The first-order chi connectivity index (χ1) is 16.9. The van der Waals surface area contributed by atoms with Crippen molar-refractivity contribution in [1.82, 2.24) is 9.78 Å². The van der Waals surface area contributed by atoms with E-state index in [9.17, 15) is 26.7 Å². The van der Waals surface area contributed by atoms with Crippen molar-refractivity contribution in [3.8, 4) is 5.75 Å². The SMILES string of the molecule is CC(C)CCn1nc(N2CCCCC2)c(O)c(C2=NS(=O)(=O)c3cc(NS(C)(=O)=O)ccc3N2)c1=O. The number of benzene rings is 1. The second kappa shape index (κ2) is 9.73. The summed E-state index contributed by atoms with van der Waals surface area (Å²) in [4.78, 5) is 15.0. The van der Waals surface area contributed by atoms with Gasteiger partial charge in [-0.1, -0.05) is 13.8 Å². The first-order valence-corrected chi connectivity index (χ1v) is 15.0. The third-order valence-corrected chi connectivity index (χ3v) is 7.87. The number of nitrogens with one attached hydrogen (secondary N) is 2. The molecule has 0 unspecified atom stereocenters. The first-order valence-electron chi connectivity index (χ1n) is 11.7. The van der Waals surface area contributed by atoms with Crippen molar-refractivity contribution >= 4 is 43.1 Å². The maximum Gasteiger partial charge on any atom is 0.286 e. The highest BCUT2D eigenvalue weighted by Crippen LogP contribution is 2.34. The van der Waals surface area contributed by atoms with Gasteiger partial charge in [0.05, 0.1) is 11.9 Å². The number of aryl methyl sites for hydroxylation is 1. The molecule has 0 radical (unpaired) electrons. The molecular weight excluding hydrogens is 508 g/mol. The van der Waals surface area contributed by atoms with Gasteiger partial charge >= 0.3 is 0 Å². The average Bonchev–Trinajstić information content (AvgIpc) is 2.78. The Balaban J connectivity index is 1.83. The lowest BCUT2D eigenvalue weighted by atomic mass is 10.1. The summed E-state index contributed by atoms with van der Waals surface area (Å²) < 4.78 is 56.5. The third kappa shape index (κ3) is 5.48. The number of aromatic hydroxyl groups is 1. The Morgan fingerprint density at radius 1 is 1.19 bits per heavy atom. The third-order valence-electron chi connectivity index (χ3n) is 5.95. The number of nitrogens with zero attached hydrogens (tertiary/aromatic N) is 4. The van der Waals surface area contributed by atoms with Crippen LogP contribution in [0, 0.1) is 5.92 Å². The predicted molar refractivity (Wildman–Crippen MR) is 138 cm³/mol. The topological polar surface area (TPSA) is 163 Å². The quantitative estimate of drug-likeness (QED) is 0.478. The molecule has 4 rings (SSSR count). The normalized spacial score (nSPS) is 17.3. The molecule has 196 valence electrons. The zero-order valence-electron chi connectivity index (χ0n) is 20.4. The molecule has 0 atom stereocenters. The average molecular weight is 539 g/mol. The molecule has 36 heavy (non-hydrogen) atoms. The zero-order chi connectivity index (χ0) is 26.3. The maximum absolute atomic E-state index is 13.4. The van der Waals surface area contributed by atoms with E-state index in [0.717, 1.165) is 31.6 Å². The van der Waals surface area contributed by atoms with E-state index in [-0.39, 0.29) is 33.5 Å². The van der Waals surface area contributed by atoms with Crippen LogP contribution in [0.3, 0.4) is 0 Å². The van der Waals surface area contributed by atoms with Gasteiger partial charge in [0, 0.05) is 25.3 Å². The summed E-state index contributed by atoms with van der Waals surface area (Å²) in [5, 5.41) is 18.4. The number of hydrogen-bond acceptors (Lipinski definition) is 9. The highest BCUT2D eigenvalue weighted by atomic mass is 32.2. The lowest BCUT2D eigenvalue weighted by Crippen LogP contribution is -2.37. The van der Waals surface area contributed by atoms with Crippen molar-refractivity contribution in [1.29, 1.82) is 0 Å². The molecule has 0 bridgehead atoms. The molecule has 1 fully saturated rings. The minimum absolute atomic E-state index is 0.0514. The molecule has 2 aliphatic rings. The highest BCUT2D eigenvalue weighted by Gasteiger charge is 2.32. The number of fused-ring (bicyclic) bond motifs is 1. The molecule has 0 aliphatic carbocycles. The maximum atomic E-state index is 13.4. The number of sulfonamides is 2. The van der Waals surface area contributed by atoms with Crippen LogP contribution in [-0.4, -0.2) is 56.9 Å². The molecule has 0 saturated carbocycles. The van der Waals surface area contributed by atoms with Gasteiger partial charge in [0.2, 0.25) is 10.0 Å². The number of piperidine rings is 1. The smallest absolute Gasteiger partial charge is 0.286 e. The molecule has 1 saturated heterocycles. The van der Waals surface area contributed by atoms with E-state index in [1.165, 1.54) is 16.8 Å². The van der Waals surface area contributed by atoms with Crippen LogP contribution in [0.4, 0.5) is 17.2 Å². The summed E-state index contributed by atoms with van der Waals surface area (Å²) in [7, 11) is -7.96. The van der Waals surface area contributed by atoms with Crippen LogP contribution in [0.2, 0.25) is 0 Å². The molecule has 3 N–H and O–H groups in total. The van der Waals surface area contributed by atoms with E-state index in [0.29, 0.717) is 32.0 Å². The Bertz CT molecular complexity index is 1480. The van der Waals surface area contributed by atoms with Crippen molar-refractivity contribution in [2.75, 3.05) is 34.3 Å². The van der Waals surface area contributed by atoms with E-state index in [2.05, 4.69) is 19.5 Å². The van der Waals surface area contributed by atoms with Crippen molar-refractivity contribution < 1.29 is 21.9 Å². The fourth-order valence-electron chi connectivity index (χ4n) is 4.16. The molecule has 14 heteroatoms. The standard InChI is InChI=1S/C22H30N6O6S2/c1-14(2)9-12-28-22(30)18(19(29)21(24-28)27-10-5-4-6-11-27)20-23-16-8-7-15(25-35(3,31)32)13-17(16)36(33,34)26-20/h7-8,13-14,25,29H,4-6,9-12H2,1-3H3,(H,23,26). The van der Waals surface area contributed by atoms with E-state index in [4.69, 9.17) is 0 Å². The van der Waals surface area contributed by atoms with Gasteiger partial charge in [-0.15, -0.1) is 9.50 Å². The van der Waals surface area contributed by atoms with Gasteiger partial charge in [0.15, 0.2) is 17.4 Å². The Hall–Kier alpha value is -3.13. The van der Waals surface area contributed by atoms with Crippen LogP contribution in [0.5, 0.6) is 5.75 Å². The minimum Gasteiger partial charge on any atom is -0.504 e. The van der Waals surface area contributed by atoms with Gasteiger partial charge in [0.25, 0.3) is 15.6 Å². The van der Waals surface area contributed by atoms with Crippen LogP contribution in [0.25, 0.3) is 0 Å². The van der Waals surface area contributed by atoms with Gasteiger partial charge in [-0.2, -0.15) is 8.42 Å². The summed E-state index contributed by atoms with van der Waals surface area (Å²) in [5.74, 6) is -0.231. The Labute approximate surface area is 210 Å². The zero-order valence-corrected chi connectivity index (χ0v) is 22.0. The second-order valence-corrected chi connectivity index (χ2v) is 12.8. The molecule has 2 aromatic rings. The molecule has 0 spiro atoms. The van der Waals surface area contributed by atoms with Crippen LogP contribution >= 0.6 is 0 Å². The number of amidine groups is 1. The molecule has 0 amide bonds. The first kappa shape index (κ1) is 25.9. The van der Waals surface area contributed by atoms with E-state index < -0.39 is 31.4 Å². The molecule has 2 aliphatic heterocycles. The number of aromatic nitrogens is 2. The van der Waals surface area contributed by atoms with E-state index >= 15 is 0 Å². The second-order valence-electron chi connectivity index (χ2n) is 9.43. The van der Waals surface area contributed by atoms with E-state index in [1.807, 2.05) is 18.7 Å². The Morgan fingerprint density at radius 3 is 2.53 bits per heavy atom. The predicted octanol–water partition coefficient (Wildman–Crippen LogP) is 1.92. The summed E-state index contributed by atoms with van der Waals surface area (Å²) in [6.45, 7) is 5.63. The van der Waals surface area contributed by atoms with E-state index in [1.54, 1.807) is 0 Å². The summed E-state index contributed by atoms with van der Waals surface area (Å²) >= 11 is 0. The van der Waals surface area contributed by atoms with Crippen molar-refractivity contribution in [2.45, 2.75) is 51.0 Å². The van der Waals surface area contributed by atoms with Gasteiger partial charge in [-0.3, -0.25) is 9.52 Å². The number of anilines is 3.